The standard InChI is InChI=1S/C17H11F2NO4S/c18-11-3-10(4-12(21)7-11)8-20-16(23)15(25-17(20)24)6-9-1-2-13(19)14(22)5-9/h1-7,21-22H,8H2. The van der Waals surface area contributed by atoms with Crippen molar-refractivity contribution in [2.24, 2.45) is 0 Å². The van der Waals surface area contributed by atoms with Crippen molar-refractivity contribution in [2.45, 2.75) is 6.54 Å². The molecule has 1 fully saturated rings. The van der Waals surface area contributed by atoms with E-state index in [9.17, 15) is 28.6 Å². The van der Waals surface area contributed by atoms with Gasteiger partial charge in [-0.05, 0) is 53.2 Å². The number of thioether (sulfide) groups is 1. The molecule has 1 saturated heterocycles. The first kappa shape index (κ1) is 17.0. The van der Waals surface area contributed by atoms with Crippen LogP contribution < -0.4 is 0 Å². The van der Waals surface area contributed by atoms with Gasteiger partial charge in [0.25, 0.3) is 11.1 Å². The van der Waals surface area contributed by atoms with Crippen LogP contribution in [0, 0.1) is 11.6 Å². The summed E-state index contributed by atoms with van der Waals surface area (Å²) in [6.07, 6.45) is 1.35. The van der Waals surface area contributed by atoms with Gasteiger partial charge in [-0.25, -0.2) is 8.78 Å². The van der Waals surface area contributed by atoms with Crippen LogP contribution in [0.2, 0.25) is 0 Å². The molecule has 1 aliphatic rings. The lowest BCUT2D eigenvalue weighted by atomic mass is 10.1. The molecule has 2 N–H and O–H groups in total. The zero-order valence-electron chi connectivity index (χ0n) is 12.6. The number of benzene rings is 2. The maximum Gasteiger partial charge on any atom is 0.293 e. The van der Waals surface area contributed by atoms with Gasteiger partial charge in [-0.15, -0.1) is 0 Å². The second-order valence-electron chi connectivity index (χ2n) is 5.30. The van der Waals surface area contributed by atoms with Crippen LogP contribution >= 0.6 is 11.8 Å². The zero-order chi connectivity index (χ0) is 18.1. The SMILES string of the molecule is O=C1SC(=Cc2ccc(F)c(O)c2)C(=O)N1Cc1cc(O)cc(F)c1. The average molecular weight is 363 g/mol. The molecule has 25 heavy (non-hydrogen) atoms. The van der Waals surface area contributed by atoms with Crippen molar-refractivity contribution in [3.8, 4) is 11.5 Å². The van der Waals surface area contributed by atoms with Crippen LogP contribution in [-0.2, 0) is 11.3 Å². The predicted octanol–water partition coefficient (Wildman–Crippen LogP) is 3.61. The second-order valence-corrected chi connectivity index (χ2v) is 6.29. The lowest BCUT2D eigenvalue weighted by molar-refractivity contribution is -0.123. The molecule has 2 amide bonds. The number of hydrogen-bond acceptors (Lipinski definition) is 5. The topological polar surface area (TPSA) is 77.8 Å². The van der Waals surface area contributed by atoms with Gasteiger partial charge in [0.05, 0.1) is 11.4 Å². The number of rotatable bonds is 3. The van der Waals surface area contributed by atoms with Crippen molar-refractivity contribution in [1.82, 2.24) is 4.90 Å². The average Bonchev–Trinajstić information content (AvgIpc) is 2.78. The molecule has 8 heteroatoms. The smallest absolute Gasteiger partial charge is 0.293 e. The van der Waals surface area contributed by atoms with Crippen LogP contribution in [0.5, 0.6) is 11.5 Å². The number of nitrogens with zero attached hydrogens (tertiary/aromatic N) is 1. The van der Waals surface area contributed by atoms with Gasteiger partial charge < -0.3 is 10.2 Å². The van der Waals surface area contributed by atoms with Crippen LogP contribution in [0.3, 0.4) is 0 Å². The van der Waals surface area contributed by atoms with Crippen LogP contribution in [0.25, 0.3) is 6.08 Å². The molecule has 0 atom stereocenters. The molecule has 0 saturated carbocycles. The fourth-order valence-corrected chi connectivity index (χ4v) is 3.15. The largest absolute Gasteiger partial charge is 0.508 e. The number of hydrogen-bond donors (Lipinski definition) is 2. The maximum atomic E-state index is 13.3. The summed E-state index contributed by atoms with van der Waals surface area (Å²) in [6, 6.07) is 6.82. The number of carbonyl (C=O) groups is 2. The van der Waals surface area contributed by atoms with E-state index in [-0.39, 0.29) is 22.8 Å². The van der Waals surface area contributed by atoms with Crippen LogP contribution in [0.4, 0.5) is 13.6 Å². The first-order valence-corrected chi connectivity index (χ1v) is 7.87. The van der Waals surface area contributed by atoms with Crippen molar-refractivity contribution in [3.05, 3.63) is 64.1 Å². The van der Waals surface area contributed by atoms with Gasteiger partial charge in [-0.2, -0.15) is 0 Å². The minimum Gasteiger partial charge on any atom is -0.508 e. The molecule has 2 aromatic rings. The number of aromatic hydroxyl groups is 2. The van der Waals surface area contributed by atoms with E-state index >= 15 is 0 Å². The Morgan fingerprint density at radius 1 is 1.08 bits per heavy atom. The van der Waals surface area contributed by atoms with E-state index in [4.69, 9.17) is 0 Å². The Balaban J connectivity index is 1.84. The number of halogens is 2. The number of phenolic OH excluding ortho intramolecular Hbond substituents is 2. The van der Waals surface area contributed by atoms with E-state index in [1.807, 2.05) is 0 Å². The summed E-state index contributed by atoms with van der Waals surface area (Å²) in [5.41, 5.74) is 0.619. The fourth-order valence-electron chi connectivity index (χ4n) is 2.31. The van der Waals surface area contributed by atoms with E-state index in [1.54, 1.807) is 0 Å². The first-order chi connectivity index (χ1) is 11.8. The summed E-state index contributed by atoms with van der Waals surface area (Å²) in [5.74, 6) is -2.94. The molecule has 0 unspecified atom stereocenters. The molecule has 0 bridgehead atoms. The highest BCUT2D eigenvalue weighted by molar-refractivity contribution is 8.18. The monoisotopic (exact) mass is 363 g/mol. The lowest BCUT2D eigenvalue weighted by Gasteiger charge is -2.12. The Morgan fingerprint density at radius 2 is 1.84 bits per heavy atom. The number of phenols is 2. The zero-order valence-corrected chi connectivity index (χ0v) is 13.4. The highest BCUT2D eigenvalue weighted by Gasteiger charge is 2.35. The van der Waals surface area contributed by atoms with Gasteiger partial charge in [0, 0.05) is 6.07 Å². The predicted molar refractivity (Wildman–Crippen MR) is 87.6 cm³/mol. The third-order valence-corrected chi connectivity index (χ3v) is 4.33. The van der Waals surface area contributed by atoms with Crippen molar-refractivity contribution < 1.29 is 28.6 Å². The van der Waals surface area contributed by atoms with Gasteiger partial charge in [0.15, 0.2) is 11.6 Å². The van der Waals surface area contributed by atoms with Gasteiger partial charge >= 0.3 is 0 Å². The first-order valence-electron chi connectivity index (χ1n) is 7.06. The van der Waals surface area contributed by atoms with Crippen molar-refractivity contribution in [1.29, 1.82) is 0 Å². The number of imide groups is 1. The Labute approximate surface area is 145 Å². The molecule has 3 rings (SSSR count). The minimum atomic E-state index is -0.795. The van der Waals surface area contributed by atoms with Gasteiger partial charge in [0.2, 0.25) is 0 Å². The van der Waals surface area contributed by atoms with E-state index in [1.165, 1.54) is 18.2 Å². The summed E-state index contributed by atoms with van der Waals surface area (Å²) < 4.78 is 26.4. The fraction of sp³-hybridized carbons (Fsp3) is 0.0588. The van der Waals surface area contributed by atoms with E-state index in [0.717, 1.165) is 29.2 Å². The van der Waals surface area contributed by atoms with E-state index in [2.05, 4.69) is 0 Å². The Kier molecular flexibility index (Phi) is 4.45. The highest BCUT2D eigenvalue weighted by atomic mass is 32.2. The molecule has 0 aromatic heterocycles. The Morgan fingerprint density at radius 3 is 2.52 bits per heavy atom. The van der Waals surface area contributed by atoms with Crippen molar-refractivity contribution >= 4 is 29.0 Å². The Bertz CT molecular complexity index is 893. The van der Waals surface area contributed by atoms with Gasteiger partial charge in [-0.1, -0.05) is 6.07 Å². The minimum absolute atomic E-state index is 0.0941. The van der Waals surface area contributed by atoms with Crippen molar-refractivity contribution in [2.75, 3.05) is 0 Å². The summed E-state index contributed by atoms with van der Waals surface area (Å²) >= 11 is 0.681. The highest BCUT2D eigenvalue weighted by Crippen LogP contribution is 2.34. The molecule has 0 radical (unpaired) electrons. The van der Waals surface area contributed by atoms with Gasteiger partial charge in [-0.3, -0.25) is 14.5 Å². The molecule has 5 nitrogen and oxygen atoms in total. The normalized spacial score (nSPS) is 16.1. The van der Waals surface area contributed by atoms with Crippen molar-refractivity contribution in [3.63, 3.8) is 0 Å². The Hall–Kier alpha value is -2.87. The van der Waals surface area contributed by atoms with Crippen LogP contribution in [-0.4, -0.2) is 26.3 Å². The molecule has 0 spiro atoms. The third kappa shape index (κ3) is 3.63. The summed E-state index contributed by atoms with van der Waals surface area (Å²) in [4.78, 5) is 25.4. The van der Waals surface area contributed by atoms with E-state index in [0.29, 0.717) is 17.3 Å². The quantitative estimate of drug-likeness (QED) is 0.815. The van der Waals surface area contributed by atoms with E-state index < -0.39 is 28.5 Å². The van der Waals surface area contributed by atoms with Crippen LogP contribution in [0.15, 0.2) is 41.3 Å². The molecule has 2 aromatic carbocycles. The molecular weight excluding hydrogens is 352 g/mol. The molecule has 128 valence electrons. The molecule has 0 aliphatic carbocycles. The summed E-state index contributed by atoms with van der Waals surface area (Å²) in [5, 5.41) is 18.2. The number of amides is 2. The third-order valence-electron chi connectivity index (χ3n) is 3.42. The maximum absolute atomic E-state index is 13.3. The molecule has 1 heterocycles. The lowest BCUT2D eigenvalue weighted by Crippen LogP contribution is -2.27. The van der Waals surface area contributed by atoms with Crippen LogP contribution in [0.1, 0.15) is 11.1 Å². The molecular formula is C17H11F2NO4S. The summed E-state index contributed by atoms with van der Waals surface area (Å²) in [6.45, 7) is -0.192. The molecule has 1 aliphatic heterocycles. The second kappa shape index (κ2) is 6.56. The summed E-state index contributed by atoms with van der Waals surface area (Å²) in [7, 11) is 0. The van der Waals surface area contributed by atoms with Gasteiger partial charge in [0.1, 0.15) is 11.6 Å². The number of carbonyl (C=O) groups excluding carboxylic acids is 2.